The van der Waals surface area contributed by atoms with Gasteiger partial charge in [0.2, 0.25) is 0 Å². The molecule has 82 valence electrons. The van der Waals surface area contributed by atoms with E-state index in [1.807, 2.05) is 36.4 Å². The molecular formula is C16H12O. The van der Waals surface area contributed by atoms with Crippen molar-refractivity contribution in [3.05, 3.63) is 59.0 Å². The second kappa shape index (κ2) is 3.63. The lowest BCUT2D eigenvalue weighted by Gasteiger charge is -2.05. The van der Waals surface area contributed by atoms with Crippen molar-refractivity contribution in [1.82, 2.24) is 0 Å². The van der Waals surface area contributed by atoms with Gasteiger partial charge in [-0.15, -0.1) is 0 Å². The minimum atomic E-state index is 0.805. The number of fused-ring (bicyclic) bond motifs is 3. The van der Waals surface area contributed by atoms with Gasteiger partial charge in [-0.2, -0.15) is 0 Å². The van der Waals surface area contributed by atoms with E-state index in [4.69, 9.17) is 0 Å². The predicted molar refractivity (Wildman–Crippen MR) is 73.3 cm³/mol. The van der Waals surface area contributed by atoms with Crippen molar-refractivity contribution >= 4 is 34.4 Å². The van der Waals surface area contributed by atoms with Crippen LogP contribution in [-0.2, 0) is 0 Å². The third-order valence-corrected chi connectivity index (χ3v) is 3.21. The zero-order valence-corrected chi connectivity index (χ0v) is 9.35. The third kappa shape index (κ3) is 1.32. The monoisotopic (exact) mass is 220 g/mol. The molecule has 0 aliphatic rings. The summed E-state index contributed by atoms with van der Waals surface area (Å²) in [7, 11) is 0. The molecule has 0 aromatic heterocycles. The predicted octanol–water partition coefficient (Wildman–Crippen LogP) is 2.70. The van der Waals surface area contributed by atoms with Gasteiger partial charge >= 0.3 is 0 Å². The summed E-state index contributed by atoms with van der Waals surface area (Å²) < 4.78 is 0. The van der Waals surface area contributed by atoms with Gasteiger partial charge in [-0.3, -0.25) is 0 Å². The van der Waals surface area contributed by atoms with Gasteiger partial charge in [0, 0.05) is 5.22 Å². The van der Waals surface area contributed by atoms with Crippen molar-refractivity contribution < 1.29 is 5.11 Å². The van der Waals surface area contributed by atoms with Crippen LogP contribution >= 0.6 is 0 Å². The van der Waals surface area contributed by atoms with Crippen LogP contribution in [0.15, 0.2) is 48.5 Å². The van der Waals surface area contributed by atoms with Crippen molar-refractivity contribution in [3.63, 3.8) is 0 Å². The molecule has 0 bridgehead atoms. The van der Waals surface area contributed by atoms with Gasteiger partial charge in [-0.1, -0.05) is 55.1 Å². The number of benzene rings is 3. The van der Waals surface area contributed by atoms with E-state index in [0.29, 0.717) is 0 Å². The molecule has 3 aromatic carbocycles. The first-order chi connectivity index (χ1) is 8.33. The van der Waals surface area contributed by atoms with Crippen LogP contribution in [0.25, 0.3) is 34.4 Å². The number of aliphatic hydroxyl groups excluding tert-OH is 1. The molecular weight excluding hydrogens is 208 g/mol. The van der Waals surface area contributed by atoms with Gasteiger partial charge in [-0.25, -0.2) is 0 Å². The molecule has 1 N–H and O–H groups in total. The zero-order chi connectivity index (χ0) is 11.8. The lowest BCUT2D eigenvalue weighted by Crippen LogP contribution is -2.24. The normalized spacial score (nSPS) is 12.4. The summed E-state index contributed by atoms with van der Waals surface area (Å²) in [5, 5.41) is 15.6. The topological polar surface area (TPSA) is 20.2 Å². The molecule has 1 nitrogen and oxygen atoms in total. The molecule has 0 heterocycles. The third-order valence-electron chi connectivity index (χ3n) is 3.21. The van der Waals surface area contributed by atoms with Gasteiger partial charge in [0.1, 0.15) is 0 Å². The highest BCUT2D eigenvalue weighted by atomic mass is 16.2. The number of hydrogen-bond donors (Lipinski definition) is 1. The molecule has 3 aromatic rings. The molecule has 0 spiro atoms. The fourth-order valence-electron chi connectivity index (χ4n) is 2.39. The summed E-state index contributed by atoms with van der Waals surface area (Å²) in [4.78, 5) is 0. The summed E-state index contributed by atoms with van der Waals surface area (Å²) in [5.41, 5.74) is 0. The van der Waals surface area contributed by atoms with Crippen LogP contribution in [-0.4, -0.2) is 5.11 Å². The molecule has 0 aliphatic heterocycles. The molecule has 3 rings (SSSR count). The lowest BCUT2D eigenvalue weighted by atomic mass is 9.98. The largest absolute Gasteiger partial charge is 0.515 e. The fraction of sp³-hybridized carbons (Fsp3) is 0. The second-order valence-electron chi connectivity index (χ2n) is 4.11. The highest BCUT2D eigenvalue weighted by Gasteiger charge is 2.03. The van der Waals surface area contributed by atoms with Gasteiger partial charge in [0.25, 0.3) is 0 Å². The Kier molecular flexibility index (Phi) is 2.12. The van der Waals surface area contributed by atoms with Crippen LogP contribution in [0.2, 0.25) is 0 Å². The van der Waals surface area contributed by atoms with E-state index in [2.05, 4.69) is 18.7 Å². The van der Waals surface area contributed by atoms with E-state index in [-0.39, 0.29) is 0 Å². The van der Waals surface area contributed by atoms with Crippen LogP contribution in [0, 0.1) is 0 Å². The van der Waals surface area contributed by atoms with Crippen molar-refractivity contribution in [1.29, 1.82) is 0 Å². The molecule has 17 heavy (non-hydrogen) atoms. The smallest absolute Gasteiger partial charge is 0.0876 e. The van der Waals surface area contributed by atoms with Crippen molar-refractivity contribution in [3.8, 4) is 0 Å². The Balaban J connectivity index is 2.80. The van der Waals surface area contributed by atoms with Crippen molar-refractivity contribution in [2.24, 2.45) is 0 Å². The molecule has 0 radical (unpaired) electrons. The Labute approximate surface area is 98.9 Å². The molecule has 1 heteroatoms. The number of rotatable bonds is 0. The van der Waals surface area contributed by atoms with E-state index < -0.39 is 0 Å². The van der Waals surface area contributed by atoms with Crippen molar-refractivity contribution in [2.75, 3.05) is 0 Å². The summed E-state index contributed by atoms with van der Waals surface area (Å²) in [6.45, 7) is 4.08. The highest BCUT2D eigenvalue weighted by molar-refractivity contribution is 6.07. The van der Waals surface area contributed by atoms with Gasteiger partial charge < -0.3 is 5.11 Å². The zero-order valence-electron chi connectivity index (χ0n) is 9.35. The highest BCUT2D eigenvalue weighted by Crippen LogP contribution is 2.19. The minimum absolute atomic E-state index is 0.805. The molecule has 0 atom stereocenters. The van der Waals surface area contributed by atoms with Crippen molar-refractivity contribution in [2.45, 2.75) is 0 Å². The second-order valence-corrected chi connectivity index (χ2v) is 4.11. The maximum Gasteiger partial charge on any atom is 0.0876 e. The Morgan fingerprint density at radius 3 is 1.82 bits per heavy atom. The average Bonchev–Trinajstić information content (AvgIpc) is 2.40. The van der Waals surface area contributed by atoms with E-state index in [0.717, 1.165) is 32.9 Å². The molecule has 0 aliphatic carbocycles. The fourth-order valence-corrected chi connectivity index (χ4v) is 2.39. The number of aliphatic hydroxyl groups is 1. The van der Waals surface area contributed by atoms with E-state index in [1.54, 1.807) is 0 Å². The van der Waals surface area contributed by atoms with Crippen LogP contribution in [0.5, 0.6) is 0 Å². The molecule has 0 saturated heterocycles. The first-order valence-corrected chi connectivity index (χ1v) is 5.56. The number of hydrogen-bond acceptors (Lipinski definition) is 1. The maximum atomic E-state index is 9.41. The summed E-state index contributed by atoms with van der Waals surface area (Å²) >= 11 is 0. The van der Waals surface area contributed by atoms with Crippen LogP contribution in [0.3, 0.4) is 0 Å². The van der Waals surface area contributed by atoms with Crippen LogP contribution in [0.1, 0.15) is 0 Å². The lowest BCUT2D eigenvalue weighted by molar-refractivity contribution is 0.540. The van der Waals surface area contributed by atoms with E-state index >= 15 is 0 Å². The first-order valence-electron chi connectivity index (χ1n) is 5.56. The first kappa shape index (κ1) is 9.91. The van der Waals surface area contributed by atoms with E-state index in [1.165, 1.54) is 5.39 Å². The molecule has 0 amide bonds. The quantitative estimate of drug-likeness (QED) is 0.577. The maximum absolute atomic E-state index is 9.41. The Morgan fingerprint density at radius 2 is 1.24 bits per heavy atom. The Bertz CT molecular complexity index is 816. The van der Waals surface area contributed by atoms with Gasteiger partial charge in [-0.05, 0) is 26.8 Å². The standard InChI is InChI=1S/C16H12O/c1-11-12-6-2-3-7-13(12)14-8-4-5-9-15(14)16(11)10-17/h2-10,17H,1H2/b16-10+. The van der Waals surface area contributed by atoms with E-state index in [9.17, 15) is 5.11 Å². The SMILES string of the molecule is C=c1/c(=C\O)c2ccccc2c2ccccc12. The molecule has 0 fully saturated rings. The summed E-state index contributed by atoms with van der Waals surface area (Å²) in [6.07, 6.45) is 1.15. The average molecular weight is 220 g/mol. The Hall–Kier alpha value is -2.28. The van der Waals surface area contributed by atoms with Gasteiger partial charge in [0.05, 0.1) is 6.26 Å². The Morgan fingerprint density at radius 1 is 0.765 bits per heavy atom. The van der Waals surface area contributed by atoms with Crippen LogP contribution < -0.4 is 10.4 Å². The summed E-state index contributed by atoms with van der Waals surface area (Å²) in [6, 6.07) is 16.2. The summed E-state index contributed by atoms with van der Waals surface area (Å²) in [5.74, 6) is 0. The van der Waals surface area contributed by atoms with Crippen LogP contribution in [0.4, 0.5) is 0 Å². The molecule has 0 unspecified atom stereocenters. The molecule has 0 saturated carbocycles. The minimum Gasteiger partial charge on any atom is -0.515 e. The van der Waals surface area contributed by atoms with Gasteiger partial charge in [0.15, 0.2) is 0 Å².